The zero-order chi connectivity index (χ0) is 24.0. The SMILES string of the molecule is Cc1ccc([SH](c2ccc(Oc3ccccc3)cc2)c2ccc(C(=O)c3ccccc3)cc2)cc1. The molecule has 0 heterocycles. The Morgan fingerprint density at radius 2 is 0.943 bits per heavy atom. The minimum absolute atomic E-state index is 0.0410. The van der Waals surface area contributed by atoms with Crippen LogP contribution in [0.1, 0.15) is 21.5 Å². The van der Waals surface area contributed by atoms with Gasteiger partial charge in [-0.1, -0.05) is 66.2 Å². The van der Waals surface area contributed by atoms with Crippen molar-refractivity contribution in [2.24, 2.45) is 0 Å². The van der Waals surface area contributed by atoms with Crippen molar-refractivity contribution in [3.05, 3.63) is 150 Å². The van der Waals surface area contributed by atoms with Gasteiger partial charge in [0.15, 0.2) is 5.78 Å². The molecule has 0 spiro atoms. The molecule has 0 aromatic heterocycles. The molecule has 2 nitrogen and oxygen atoms in total. The fourth-order valence-corrected chi connectivity index (χ4v) is 6.18. The predicted octanol–water partition coefficient (Wildman–Crippen LogP) is 8.50. The van der Waals surface area contributed by atoms with E-state index in [0.29, 0.717) is 11.1 Å². The summed E-state index contributed by atoms with van der Waals surface area (Å²) in [5.41, 5.74) is 2.64. The molecule has 0 aliphatic rings. The van der Waals surface area contributed by atoms with Crippen LogP contribution in [0, 0.1) is 6.92 Å². The van der Waals surface area contributed by atoms with Gasteiger partial charge in [0.1, 0.15) is 11.5 Å². The van der Waals surface area contributed by atoms with Gasteiger partial charge in [-0.05, 0) is 94.4 Å². The fourth-order valence-electron chi connectivity index (χ4n) is 3.95. The molecule has 0 saturated carbocycles. The van der Waals surface area contributed by atoms with Crippen LogP contribution in [0.15, 0.2) is 148 Å². The topological polar surface area (TPSA) is 26.3 Å². The Kier molecular flexibility index (Phi) is 6.78. The van der Waals surface area contributed by atoms with Crippen LogP contribution in [-0.4, -0.2) is 5.78 Å². The third kappa shape index (κ3) is 5.37. The number of hydrogen-bond donors (Lipinski definition) is 1. The van der Waals surface area contributed by atoms with E-state index in [9.17, 15) is 4.79 Å². The molecule has 1 atom stereocenters. The monoisotopic (exact) mass is 474 g/mol. The van der Waals surface area contributed by atoms with Crippen molar-refractivity contribution in [1.82, 2.24) is 0 Å². The minimum Gasteiger partial charge on any atom is -0.457 e. The highest BCUT2D eigenvalue weighted by atomic mass is 32.2. The molecule has 5 rings (SSSR count). The minimum atomic E-state index is -0.783. The van der Waals surface area contributed by atoms with Gasteiger partial charge in [-0.15, -0.1) is 0 Å². The molecule has 5 aromatic rings. The standard InChI is InChI=1S/C32H26O2S/c1-24-12-18-29(19-13-24)35(31-22-16-28(17-23-31)34-27-10-6-3-7-11-27)30-20-14-26(15-21-30)32(33)25-8-4-2-5-9-25/h2-23,35H,1H3. The summed E-state index contributed by atoms with van der Waals surface area (Å²) in [6, 6.07) is 44.4. The quantitative estimate of drug-likeness (QED) is 0.189. The summed E-state index contributed by atoms with van der Waals surface area (Å²) in [5.74, 6) is 1.67. The van der Waals surface area contributed by atoms with E-state index in [1.807, 2.05) is 84.9 Å². The van der Waals surface area contributed by atoms with Crippen molar-refractivity contribution in [2.45, 2.75) is 21.6 Å². The number of ketones is 1. The molecular weight excluding hydrogens is 448 g/mol. The summed E-state index contributed by atoms with van der Waals surface area (Å²) in [6.45, 7) is 2.10. The Balaban J connectivity index is 1.46. The summed E-state index contributed by atoms with van der Waals surface area (Å²) in [5, 5.41) is 0. The number of rotatable bonds is 7. The van der Waals surface area contributed by atoms with Crippen molar-refractivity contribution in [1.29, 1.82) is 0 Å². The number of hydrogen-bond acceptors (Lipinski definition) is 2. The van der Waals surface area contributed by atoms with Gasteiger partial charge >= 0.3 is 0 Å². The maximum Gasteiger partial charge on any atom is 0.193 e. The Labute approximate surface area is 209 Å². The van der Waals surface area contributed by atoms with E-state index in [-0.39, 0.29) is 5.78 Å². The first-order chi connectivity index (χ1) is 17.2. The molecule has 0 saturated heterocycles. The van der Waals surface area contributed by atoms with E-state index in [1.165, 1.54) is 20.2 Å². The molecule has 0 fully saturated rings. The van der Waals surface area contributed by atoms with Crippen LogP contribution < -0.4 is 4.74 Å². The second kappa shape index (κ2) is 10.5. The second-order valence-electron chi connectivity index (χ2n) is 8.32. The smallest absolute Gasteiger partial charge is 0.193 e. The molecule has 3 heteroatoms. The van der Waals surface area contributed by atoms with Gasteiger partial charge in [-0.3, -0.25) is 4.79 Å². The summed E-state index contributed by atoms with van der Waals surface area (Å²) >= 11 is 0. The number of aryl methyl sites for hydroxylation is 1. The highest BCUT2D eigenvalue weighted by Crippen LogP contribution is 2.51. The number of ether oxygens (including phenoxy) is 1. The molecule has 5 aromatic carbocycles. The summed E-state index contributed by atoms with van der Waals surface area (Å²) in [4.78, 5) is 16.6. The molecule has 35 heavy (non-hydrogen) atoms. The van der Waals surface area contributed by atoms with Crippen LogP contribution in [0.2, 0.25) is 0 Å². The first-order valence-corrected chi connectivity index (χ1v) is 12.9. The molecule has 0 bridgehead atoms. The van der Waals surface area contributed by atoms with Crippen molar-refractivity contribution >= 4 is 16.7 Å². The fraction of sp³-hybridized carbons (Fsp3) is 0.0312. The summed E-state index contributed by atoms with van der Waals surface area (Å²) in [6.07, 6.45) is 0. The van der Waals surface area contributed by atoms with Crippen molar-refractivity contribution in [3.8, 4) is 11.5 Å². The lowest BCUT2D eigenvalue weighted by Crippen LogP contribution is -2.00. The lowest BCUT2D eigenvalue weighted by Gasteiger charge is -2.24. The largest absolute Gasteiger partial charge is 0.457 e. The van der Waals surface area contributed by atoms with Gasteiger partial charge in [0, 0.05) is 11.1 Å². The van der Waals surface area contributed by atoms with Crippen LogP contribution in [0.5, 0.6) is 11.5 Å². The normalized spacial score (nSPS) is 12.1. The molecule has 1 unspecified atom stereocenters. The Hall–Kier alpha value is -4.08. The lowest BCUT2D eigenvalue weighted by molar-refractivity contribution is 0.103. The Bertz CT molecular complexity index is 1390. The van der Waals surface area contributed by atoms with Gasteiger partial charge in [0.25, 0.3) is 0 Å². The third-order valence-electron chi connectivity index (χ3n) is 5.79. The highest BCUT2D eigenvalue weighted by molar-refractivity contribution is 8.17. The van der Waals surface area contributed by atoms with Gasteiger partial charge in [0.2, 0.25) is 0 Å². The van der Waals surface area contributed by atoms with E-state index >= 15 is 0 Å². The first kappa shape index (κ1) is 22.7. The second-order valence-corrected chi connectivity index (χ2v) is 10.5. The van der Waals surface area contributed by atoms with Crippen LogP contribution in [-0.2, 0) is 0 Å². The molecule has 0 N–H and O–H groups in total. The average molecular weight is 475 g/mol. The highest BCUT2D eigenvalue weighted by Gasteiger charge is 2.15. The number of para-hydroxylation sites is 1. The van der Waals surface area contributed by atoms with Gasteiger partial charge in [0.05, 0.1) is 0 Å². The summed E-state index contributed by atoms with van der Waals surface area (Å²) in [7, 11) is -0.783. The van der Waals surface area contributed by atoms with Crippen molar-refractivity contribution in [2.75, 3.05) is 0 Å². The van der Waals surface area contributed by atoms with E-state index in [0.717, 1.165) is 11.5 Å². The summed E-state index contributed by atoms with van der Waals surface area (Å²) < 4.78 is 5.99. The number of benzene rings is 5. The van der Waals surface area contributed by atoms with E-state index < -0.39 is 10.9 Å². The molecular formula is C32H26O2S. The predicted molar refractivity (Wildman–Crippen MR) is 144 cm³/mol. The zero-order valence-corrected chi connectivity index (χ0v) is 20.4. The lowest BCUT2D eigenvalue weighted by atomic mass is 10.0. The Morgan fingerprint density at radius 1 is 0.514 bits per heavy atom. The van der Waals surface area contributed by atoms with E-state index in [1.54, 1.807) is 0 Å². The average Bonchev–Trinajstić information content (AvgIpc) is 2.92. The Morgan fingerprint density at radius 3 is 1.51 bits per heavy atom. The number of thiol groups is 1. The van der Waals surface area contributed by atoms with Gasteiger partial charge < -0.3 is 4.74 Å². The van der Waals surface area contributed by atoms with Crippen molar-refractivity contribution in [3.63, 3.8) is 0 Å². The maximum atomic E-state index is 12.9. The van der Waals surface area contributed by atoms with Gasteiger partial charge in [-0.25, -0.2) is 0 Å². The number of carbonyl (C=O) groups is 1. The van der Waals surface area contributed by atoms with Crippen LogP contribution in [0.3, 0.4) is 0 Å². The molecule has 0 amide bonds. The van der Waals surface area contributed by atoms with Gasteiger partial charge in [-0.2, -0.15) is 10.9 Å². The molecule has 0 aliphatic heterocycles. The molecule has 172 valence electrons. The molecule has 0 radical (unpaired) electrons. The first-order valence-electron chi connectivity index (χ1n) is 11.6. The van der Waals surface area contributed by atoms with E-state index in [4.69, 9.17) is 4.74 Å². The number of carbonyl (C=O) groups excluding carboxylic acids is 1. The maximum absolute atomic E-state index is 12.9. The molecule has 0 aliphatic carbocycles. The third-order valence-corrected chi connectivity index (χ3v) is 8.23. The zero-order valence-electron chi connectivity index (χ0n) is 19.5. The van der Waals surface area contributed by atoms with Crippen molar-refractivity contribution < 1.29 is 9.53 Å². The van der Waals surface area contributed by atoms with E-state index in [2.05, 4.69) is 55.5 Å². The van der Waals surface area contributed by atoms with Crippen LogP contribution in [0.25, 0.3) is 0 Å². The van der Waals surface area contributed by atoms with Crippen LogP contribution in [0.4, 0.5) is 0 Å². The van der Waals surface area contributed by atoms with Crippen LogP contribution >= 0.6 is 10.9 Å².